The predicted octanol–water partition coefficient (Wildman–Crippen LogP) is 1.01. The van der Waals surface area contributed by atoms with Crippen molar-refractivity contribution in [2.75, 3.05) is 0 Å². The first kappa shape index (κ1) is 8.05. The van der Waals surface area contributed by atoms with Gasteiger partial charge in [0.15, 0.2) is 0 Å². The van der Waals surface area contributed by atoms with Crippen molar-refractivity contribution < 1.29 is 15.0 Å². The van der Waals surface area contributed by atoms with Crippen LogP contribution in [0.4, 0.5) is 0 Å². The van der Waals surface area contributed by atoms with Crippen molar-refractivity contribution in [3.63, 3.8) is 0 Å². The minimum absolute atomic E-state index is 0.0613. The molecule has 0 aromatic carbocycles. The zero-order valence-corrected chi connectivity index (χ0v) is 6.99. The van der Waals surface area contributed by atoms with Crippen LogP contribution in [0.1, 0.15) is 32.1 Å². The Balaban J connectivity index is 2.07. The summed E-state index contributed by atoms with van der Waals surface area (Å²) >= 11 is 0. The molecule has 12 heavy (non-hydrogen) atoms. The maximum atomic E-state index is 10.5. The Morgan fingerprint density at radius 2 is 2.25 bits per heavy atom. The second-order valence-electron chi connectivity index (χ2n) is 4.25. The lowest BCUT2D eigenvalue weighted by atomic mass is 9.82. The fourth-order valence-corrected chi connectivity index (χ4v) is 2.89. The Bertz CT molecular complexity index is 214. The van der Waals surface area contributed by atoms with Crippen molar-refractivity contribution in [3.8, 4) is 0 Å². The summed E-state index contributed by atoms with van der Waals surface area (Å²) in [6, 6.07) is 0. The lowest BCUT2D eigenvalue weighted by Gasteiger charge is -2.30. The minimum Gasteiger partial charge on any atom is -0.481 e. The van der Waals surface area contributed by atoms with Gasteiger partial charge in [0.25, 0.3) is 0 Å². The number of aliphatic carboxylic acids is 1. The standard InChI is InChI=1S/C9H14O3/c10-8(11)5-9(12)4-6-1-2-7(9)3-6/h6-7,12H,1-5H2,(H,10,11). The van der Waals surface area contributed by atoms with Gasteiger partial charge in [0.1, 0.15) is 0 Å². The van der Waals surface area contributed by atoms with E-state index in [1.54, 1.807) is 0 Å². The quantitative estimate of drug-likeness (QED) is 0.650. The lowest BCUT2D eigenvalue weighted by Crippen LogP contribution is -2.37. The molecule has 3 heteroatoms. The Morgan fingerprint density at radius 3 is 2.67 bits per heavy atom. The Labute approximate surface area is 71.4 Å². The Morgan fingerprint density at radius 1 is 1.50 bits per heavy atom. The molecular formula is C9H14O3. The molecule has 0 aromatic heterocycles. The highest BCUT2D eigenvalue weighted by atomic mass is 16.4. The minimum atomic E-state index is -0.870. The van der Waals surface area contributed by atoms with Gasteiger partial charge in [0, 0.05) is 0 Å². The molecule has 3 nitrogen and oxygen atoms in total. The zero-order chi connectivity index (χ0) is 8.77. The molecule has 0 amide bonds. The molecule has 0 spiro atoms. The molecule has 2 bridgehead atoms. The van der Waals surface area contributed by atoms with Gasteiger partial charge in [0.05, 0.1) is 12.0 Å². The number of hydrogen-bond acceptors (Lipinski definition) is 2. The molecule has 2 fully saturated rings. The van der Waals surface area contributed by atoms with E-state index < -0.39 is 11.6 Å². The number of carboxylic acids is 1. The summed E-state index contributed by atoms with van der Waals surface area (Å²) in [4.78, 5) is 10.5. The largest absolute Gasteiger partial charge is 0.481 e. The SMILES string of the molecule is O=C(O)CC1(O)CC2CCC1C2. The lowest BCUT2D eigenvalue weighted by molar-refractivity contribution is -0.144. The number of aliphatic hydroxyl groups is 1. The van der Waals surface area contributed by atoms with Gasteiger partial charge in [-0.2, -0.15) is 0 Å². The van der Waals surface area contributed by atoms with E-state index in [4.69, 9.17) is 5.11 Å². The highest BCUT2D eigenvalue weighted by Crippen LogP contribution is 2.51. The number of carbonyl (C=O) groups is 1. The van der Waals surface area contributed by atoms with Crippen LogP contribution >= 0.6 is 0 Å². The third-order valence-electron chi connectivity index (χ3n) is 3.40. The molecular weight excluding hydrogens is 156 g/mol. The predicted molar refractivity (Wildman–Crippen MR) is 42.7 cm³/mol. The van der Waals surface area contributed by atoms with E-state index in [0.717, 1.165) is 12.8 Å². The normalized spacial score (nSPS) is 45.1. The first-order valence-electron chi connectivity index (χ1n) is 4.54. The van der Waals surface area contributed by atoms with Crippen molar-refractivity contribution >= 4 is 5.97 Å². The molecule has 0 aromatic rings. The van der Waals surface area contributed by atoms with E-state index in [2.05, 4.69) is 0 Å². The maximum Gasteiger partial charge on any atom is 0.306 e. The summed E-state index contributed by atoms with van der Waals surface area (Å²) < 4.78 is 0. The van der Waals surface area contributed by atoms with Gasteiger partial charge in [-0.25, -0.2) is 0 Å². The summed E-state index contributed by atoms with van der Waals surface area (Å²) in [6.45, 7) is 0. The first-order chi connectivity index (χ1) is 5.60. The maximum absolute atomic E-state index is 10.5. The summed E-state index contributed by atoms with van der Waals surface area (Å²) in [5.74, 6) is -0.0111. The van der Waals surface area contributed by atoms with Gasteiger partial charge in [-0.15, -0.1) is 0 Å². The molecule has 2 rings (SSSR count). The molecule has 2 N–H and O–H groups in total. The first-order valence-corrected chi connectivity index (χ1v) is 4.54. The Kier molecular flexibility index (Phi) is 1.65. The number of rotatable bonds is 2. The van der Waals surface area contributed by atoms with Crippen LogP contribution in [-0.2, 0) is 4.79 Å². The van der Waals surface area contributed by atoms with Crippen LogP contribution in [0.25, 0.3) is 0 Å². The van der Waals surface area contributed by atoms with Crippen molar-refractivity contribution in [3.05, 3.63) is 0 Å². The van der Waals surface area contributed by atoms with Gasteiger partial charge in [0.2, 0.25) is 0 Å². The fourth-order valence-electron chi connectivity index (χ4n) is 2.89. The summed E-state index contributed by atoms with van der Waals surface area (Å²) in [5.41, 5.74) is -0.866. The second-order valence-corrected chi connectivity index (χ2v) is 4.25. The molecule has 0 saturated heterocycles. The van der Waals surface area contributed by atoms with E-state index in [-0.39, 0.29) is 12.3 Å². The summed E-state index contributed by atoms with van der Waals surface area (Å²) in [7, 11) is 0. The van der Waals surface area contributed by atoms with Gasteiger partial charge >= 0.3 is 5.97 Å². The van der Waals surface area contributed by atoms with E-state index in [1.165, 1.54) is 6.42 Å². The third kappa shape index (κ3) is 1.12. The van der Waals surface area contributed by atoms with E-state index in [1.807, 2.05) is 0 Å². The van der Waals surface area contributed by atoms with E-state index >= 15 is 0 Å². The van der Waals surface area contributed by atoms with Gasteiger partial charge in [-0.3, -0.25) is 4.79 Å². The highest BCUT2D eigenvalue weighted by Gasteiger charge is 2.50. The van der Waals surface area contributed by atoms with Crippen molar-refractivity contribution in [1.29, 1.82) is 0 Å². The van der Waals surface area contributed by atoms with E-state index in [0.29, 0.717) is 12.3 Å². The zero-order valence-electron chi connectivity index (χ0n) is 6.99. The average Bonchev–Trinajstić information content (AvgIpc) is 2.42. The Hall–Kier alpha value is -0.570. The summed E-state index contributed by atoms with van der Waals surface area (Å²) in [5, 5.41) is 18.6. The van der Waals surface area contributed by atoms with Crippen molar-refractivity contribution in [1.82, 2.24) is 0 Å². The highest BCUT2D eigenvalue weighted by molar-refractivity contribution is 5.68. The van der Waals surface area contributed by atoms with Crippen LogP contribution in [0.5, 0.6) is 0 Å². The van der Waals surface area contributed by atoms with Crippen LogP contribution in [0.3, 0.4) is 0 Å². The monoisotopic (exact) mass is 170 g/mol. The van der Waals surface area contributed by atoms with E-state index in [9.17, 15) is 9.90 Å². The summed E-state index contributed by atoms with van der Waals surface area (Å²) in [6.07, 6.45) is 3.91. The topological polar surface area (TPSA) is 57.5 Å². The molecule has 0 radical (unpaired) electrons. The van der Waals surface area contributed by atoms with Crippen LogP contribution in [0.15, 0.2) is 0 Å². The van der Waals surface area contributed by atoms with Gasteiger partial charge in [-0.1, -0.05) is 0 Å². The molecule has 2 aliphatic rings. The fraction of sp³-hybridized carbons (Fsp3) is 0.889. The molecule has 0 aliphatic heterocycles. The number of carboxylic acid groups (broad SMARTS) is 1. The number of hydrogen-bond donors (Lipinski definition) is 2. The van der Waals surface area contributed by atoms with Crippen LogP contribution < -0.4 is 0 Å². The molecule has 2 saturated carbocycles. The van der Waals surface area contributed by atoms with Crippen LogP contribution in [0.2, 0.25) is 0 Å². The van der Waals surface area contributed by atoms with Gasteiger partial charge < -0.3 is 10.2 Å². The van der Waals surface area contributed by atoms with Crippen molar-refractivity contribution in [2.24, 2.45) is 11.8 Å². The van der Waals surface area contributed by atoms with Crippen molar-refractivity contribution in [2.45, 2.75) is 37.7 Å². The van der Waals surface area contributed by atoms with Crippen LogP contribution in [-0.4, -0.2) is 21.8 Å². The molecule has 68 valence electrons. The molecule has 3 unspecified atom stereocenters. The van der Waals surface area contributed by atoms with Crippen LogP contribution in [0, 0.1) is 11.8 Å². The second kappa shape index (κ2) is 2.46. The number of fused-ring (bicyclic) bond motifs is 2. The smallest absolute Gasteiger partial charge is 0.306 e. The van der Waals surface area contributed by atoms with Gasteiger partial charge in [-0.05, 0) is 37.5 Å². The molecule has 0 heterocycles. The average molecular weight is 170 g/mol. The third-order valence-corrected chi connectivity index (χ3v) is 3.40. The molecule has 2 aliphatic carbocycles. The molecule has 3 atom stereocenters.